The first-order valence-corrected chi connectivity index (χ1v) is 9.62. The van der Waals surface area contributed by atoms with Crippen LogP contribution in [0.15, 0.2) is 18.2 Å². The zero-order valence-electron chi connectivity index (χ0n) is 16.2. The third-order valence-electron chi connectivity index (χ3n) is 6.28. The molecule has 0 aromatic heterocycles. The molecule has 0 radical (unpaired) electrons. The smallest absolute Gasteiger partial charge is 0.250 e. The Labute approximate surface area is 163 Å². The molecule has 2 saturated heterocycles. The molecule has 3 amide bonds. The number of rotatable bonds is 5. The summed E-state index contributed by atoms with van der Waals surface area (Å²) in [7, 11) is 1.50. The summed E-state index contributed by atoms with van der Waals surface area (Å²) in [4.78, 5) is 40.8. The van der Waals surface area contributed by atoms with Crippen LogP contribution in [0.1, 0.15) is 25.0 Å². The predicted molar refractivity (Wildman–Crippen MR) is 100 cm³/mol. The number of hydrogen-bond donors (Lipinski definition) is 3. The highest BCUT2D eigenvalue weighted by atomic mass is 16.5. The van der Waals surface area contributed by atoms with Crippen LogP contribution >= 0.6 is 0 Å². The van der Waals surface area contributed by atoms with Crippen molar-refractivity contribution in [3.05, 3.63) is 29.3 Å². The zero-order chi connectivity index (χ0) is 20.2. The van der Waals surface area contributed by atoms with Gasteiger partial charge in [-0.2, -0.15) is 0 Å². The molecule has 1 aromatic rings. The van der Waals surface area contributed by atoms with E-state index in [9.17, 15) is 19.5 Å². The SMILES string of the molecule is CCc1cccc2c1NC(=O)C21NC(C(C)O)C2C(=O)N(CCOC)C(=O)C21. The van der Waals surface area contributed by atoms with Gasteiger partial charge in [0.25, 0.3) is 0 Å². The van der Waals surface area contributed by atoms with Crippen molar-refractivity contribution in [2.45, 2.75) is 38.0 Å². The van der Waals surface area contributed by atoms with E-state index in [0.29, 0.717) is 11.3 Å². The minimum atomic E-state index is -1.36. The third-order valence-corrected chi connectivity index (χ3v) is 6.28. The lowest BCUT2D eigenvalue weighted by atomic mass is 9.76. The first kappa shape index (κ1) is 19.0. The topological polar surface area (TPSA) is 108 Å². The number of para-hydroxylation sites is 1. The number of carbonyl (C=O) groups is 3. The summed E-state index contributed by atoms with van der Waals surface area (Å²) in [6.07, 6.45) is -0.183. The highest BCUT2D eigenvalue weighted by Gasteiger charge is 2.71. The van der Waals surface area contributed by atoms with Crippen molar-refractivity contribution in [1.82, 2.24) is 10.2 Å². The maximum Gasteiger partial charge on any atom is 0.250 e. The van der Waals surface area contributed by atoms with Gasteiger partial charge in [0.2, 0.25) is 17.7 Å². The van der Waals surface area contributed by atoms with Crippen molar-refractivity contribution >= 4 is 23.4 Å². The number of likely N-dealkylation sites (tertiary alicyclic amines) is 1. The van der Waals surface area contributed by atoms with E-state index in [2.05, 4.69) is 10.6 Å². The summed E-state index contributed by atoms with van der Waals surface area (Å²) in [5.41, 5.74) is 0.976. The quantitative estimate of drug-likeness (QED) is 0.614. The summed E-state index contributed by atoms with van der Waals surface area (Å²) in [5.74, 6) is -2.81. The fourth-order valence-corrected chi connectivity index (χ4v) is 4.99. The second kappa shape index (κ2) is 6.65. The van der Waals surface area contributed by atoms with E-state index >= 15 is 0 Å². The number of aryl methyl sites for hydroxylation is 1. The Morgan fingerprint density at radius 3 is 2.68 bits per heavy atom. The Morgan fingerprint density at radius 2 is 2.04 bits per heavy atom. The van der Waals surface area contributed by atoms with Crippen molar-refractivity contribution < 1.29 is 24.2 Å². The number of ether oxygens (including phenoxy) is 1. The number of hydrogen-bond acceptors (Lipinski definition) is 6. The molecule has 1 spiro atoms. The number of amides is 3. The van der Waals surface area contributed by atoms with E-state index in [0.717, 1.165) is 12.0 Å². The summed E-state index contributed by atoms with van der Waals surface area (Å²) in [6, 6.07) is 4.91. The number of aliphatic hydroxyl groups is 1. The molecule has 0 saturated carbocycles. The van der Waals surface area contributed by atoms with Gasteiger partial charge in [0.1, 0.15) is 5.54 Å². The molecular weight excluding hydrogens is 362 g/mol. The molecule has 28 heavy (non-hydrogen) atoms. The number of carbonyl (C=O) groups excluding carboxylic acids is 3. The van der Waals surface area contributed by atoms with Crippen LogP contribution in [-0.4, -0.2) is 60.1 Å². The maximum absolute atomic E-state index is 13.3. The lowest BCUT2D eigenvalue weighted by molar-refractivity contribution is -0.143. The molecule has 0 aliphatic carbocycles. The Morgan fingerprint density at radius 1 is 1.29 bits per heavy atom. The van der Waals surface area contributed by atoms with E-state index in [1.165, 1.54) is 12.0 Å². The molecule has 3 N–H and O–H groups in total. The van der Waals surface area contributed by atoms with Crippen LogP contribution in [-0.2, 0) is 31.1 Å². The van der Waals surface area contributed by atoms with Crippen molar-refractivity contribution in [2.75, 3.05) is 25.6 Å². The molecule has 5 unspecified atom stereocenters. The molecule has 3 aliphatic heterocycles. The number of imide groups is 1. The van der Waals surface area contributed by atoms with Gasteiger partial charge in [-0.3, -0.25) is 24.6 Å². The fourth-order valence-electron chi connectivity index (χ4n) is 4.99. The van der Waals surface area contributed by atoms with Crippen LogP contribution in [0, 0.1) is 11.8 Å². The molecule has 8 heteroatoms. The van der Waals surface area contributed by atoms with Crippen LogP contribution in [0.3, 0.4) is 0 Å². The lowest BCUT2D eigenvalue weighted by Crippen LogP contribution is -2.55. The number of anilines is 1. The van der Waals surface area contributed by atoms with Crippen molar-refractivity contribution in [3.8, 4) is 0 Å². The maximum atomic E-state index is 13.3. The van der Waals surface area contributed by atoms with E-state index in [1.807, 2.05) is 25.1 Å². The average Bonchev–Trinajstić information content (AvgIpc) is 3.26. The number of fused-ring (bicyclic) bond motifs is 4. The predicted octanol–water partition coefficient (Wildman–Crippen LogP) is -0.00340. The van der Waals surface area contributed by atoms with E-state index < -0.39 is 35.4 Å². The van der Waals surface area contributed by atoms with Gasteiger partial charge in [0.15, 0.2) is 0 Å². The standard InChI is InChI=1S/C20H25N3O5/c1-4-11-6-5-7-12-16(11)21-19(27)20(12)14-13(15(22-20)10(2)24)17(25)23(18(14)26)8-9-28-3/h5-7,10,13-15,22,24H,4,8-9H2,1-3H3,(H,21,27). The Bertz CT molecular complexity index is 854. The molecule has 1 aromatic carbocycles. The van der Waals surface area contributed by atoms with E-state index in [1.54, 1.807) is 6.92 Å². The molecule has 150 valence electrons. The van der Waals surface area contributed by atoms with Crippen molar-refractivity contribution in [1.29, 1.82) is 0 Å². The summed E-state index contributed by atoms with van der Waals surface area (Å²) in [6.45, 7) is 3.92. The second-order valence-corrected chi connectivity index (χ2v) is 7.69. The summed E-state index contributed by atoms with van der Waals surface area (Å²) >= 11 is 0. The van der Waals surface area contributed by atoms with Crippen LogP contribution in [0.5, 0.6) is 0 Å². The third kappa shape index (κ3) is 2.31. The first-order valence-electron chi connectivity index (χ1n) is 9.62. The van der Waals surface area contributed by atoms with Crippen LogP contribution in [0.25, 0.3) is 0 Å². The number of aliphatic hydroxyl groups excluding tert-OH is 1. The number of nitrogens with zero attached hydrogens (tertiary/aromatic N) is 1. The second-order valence-electron chi connectivity index (χ2n) is 7.69. The lowest BCUT2D eigenvalue weighted by Gasteiger charge is -2.30. The van der Waals surface area contributed by atoms with Crippen molar-refractivity contribution in [2.24, 2.45) is 11.8 Å². The van der Waals surface area contributed by atoms with Gasteiger partial charge in [-0.25, -0.2) is 0 Å². The molecule has 2 fully saturated rings. The largest absolute Gasteiger partial charge is 0.392 e. The summed E-state index contributed by atoms with van der Waals surface area (Å²) in [5, 5.41) is 16.5. The average molecular weight is 387 g/mol. The molecule has 4 rings (SSSR count). The van der Waals surface area contributed by atoms with Crippen molar-refractivity contribution in [3.63, 3.8) is 0 Å². The van der Waals surface area contributed by atoms with E-state index in [-0.39, 0.29) is 25.0 Å². The van der Waals surface area contributed by atoms with Gasteiger partial charge in [-0.1, -0.05) is 25.1 Å². The Hall–Kier alpha value is -2.29. The number of methoxy groups -OCH3 is 1. The normalized spacial score (nSPS) is 32.1. The van der Waals surface area contributed by atoms with Gasteiger partial charge >= 0.3 is 0 Å². The van der Waals surface area contributed by atoms with Crippen LogP contribution < -0.4 is 10.6 Å². The fraction of sp³-hybridized carbons (Fsp3) is 0.550. The Kier molecular flexibility index (Phi) is 4.52. The molecule has 8 nitrogen and oxygen atoms in total. The molecule has 5 atom stereocenters. The zero-order valence-corrected chi connectivity index (χ0v) is 16.2. The summed E-state index contributed by atoms with van der Waals surface area (Å²) < 4.78 is 5.03. The molecular formula is C20H25N3O5. The highest BCUT2D eigenvalue weighted by Crippen LogP contribution is 2.53. The first-order chi connectivity index (χ1) is 13.4. The van der Waals surface area contributed by atoms with E-state index in [4.69, 9.17) is 4.74 Å². The van der Waals surface area contributed by atoms with Crippen LogP contribution in [0.4, 0.5) is 5.69 Å². The Balaban J connectivity index is 1.87. The highest BCUT2D eigenvalue weighted by molar-refractivity contribution is 6.15. The van der Waals surface area contributed by atoms with Gasteiger partial charge in [0.05, 0.1) is 31.1 Å². The molecule has 3 aliphatic rings. The van der Waals surface area contributed by atoms with Gasteiger partial charge in [-0.15, -0.1) is 0 Å². The van der Waals surface area contributed by atoms with Crippen LogP contribution in [0.2, 0.25) is 0 Å². The van der Waals surface area contributed by atoms with Gasteiger partial charge in [-0.05, 0) is 18.9 Å². The van der Waals surface area contributed by atoms with Gasteiger partial charge in [0, 0.05) is 24.4 Å². The monoisotopic (exact) mass is 387 g/mol. The minimum Gasteiger partial charge on any atom is -0.392 e. The molecule has 3 heterocycles. The minimum absolute atomic E-state index is 0.132. The number of benzene rings is 1. The number of nitrogens with one attached hydrogen (secondary N) is 2. The van der Waals surface area contributed by atoms with Gasteiger partial charge < -0.3 is 15.2 Å². The molecule has 0 bridgehead atoms.